The third kappa shape index (κ3) is 5.04. The summed E-state index contributed by atoms with van der Waals surface area (Å²) in [5.41, 5.74) is 1.53. The number of carbonyl (C=O) groups is 1. The molecular weight excluding hydrogens is 394 g/mol. The Balaban J connectivity index is 1.60. The van der Waals surface area contributed by atoms with Crippen molar-refractivity contribution < 1.29 is 9.53 Å². The Morgan fingerprint density at radius 2 is 2.25 bits per heavy atom. The molecule has 28 heavy (non-hydrogen) atoms. The molecule has 1 saturated heterocycles. The van der Waals surface area contributed by atoms with E-state index < -0.39 is 0 Å². The highest BCUT2D eigenvalue weighted by Crippen LogP contribution is 2.36. The summed E-state index contributed by atoms with van der Waals surface area (Å²) in [5.74, 6) is 0.634. The van der Waals surface area contributed by atoms with Crippen LogP contribution >= 0.6 is 22.9 Å². The van der Waals surface area contributed by atoms with Crippen molar-refractivity contribution in [3.8, 4) is 16.3 Å². The van der Waals surface area contributed by atoms with Gasteiger partial charge in [-0.3, -0.25) is 4.79 Å². The van der Waals surface area contributed by atoms with E-state index in [1.165, 1.54) is 37.1 Å². The van der Waals surface area contributed by atoms with Gasteiger partial charge in [0.1, 0.15) is 15.6 Å². The highest BCUT2D eigenvalue weighted by atomic mass is 35.5. The molecule has 1 aliphatic heterocycles. The fourth-order valence-corrected chi connectivity index (χ4v) is 4.80. The lowest BCUT2D eigenvalue weighted by molar-refractivity contribution is 0.0952. The quantitative estimate of drug-likeness (QED) is 0.654. The van der Waals surface area contributed by atoms with Crippen LogP contribution in [0.2, 0.25) is 5.02 Å². The number of ether oxygens (including phenoxy) is 1. The largest absolute Gasteiger partial charge is 0.496 e. The number of halogens is 1. The molecule has 1 aromatic carbocycles. The fourth-order valence-electron chi connectivity index (χ4n) is 3.62. The van der Waals surface area contributed by atoms with Gasteiger partial charge in [0.05, 0.1) is 18.4 Å². The number of nitrogens with one attached hydrogen (secondary N) is 1. The number of likely N-dealkylation sites (tertiary alicyclic amines) is 1. The van der Waals surface area contributed by atoms with Gasteiger partial charge in [-0.2, -0.15) is 0 Å². The predicted molar refractivity (Wildman–Crippen MR) is 116 cm³/mol. The molecule has 2 heterocycles. The van der Waals surface area contributed by atoms with Gasteiger partial charge in [0.25, 0.3) is 5.91 Å². The van der Waals surface area contributed by atoms with Gasteiger partial charge < -0.3 is 15.0 Å². The molecule has 0 saturated carbocycles. The maximum absolute atomic E-state index is 12.6. The number of hydrogen-bond donors (Lipinski definition) is 1. The van der Waals surface area contributed by atoms with Gasteiger partial charge in [-0.05, 0) is 57.9 Å². The minimum atomic E-state index is -0.0612. The van der Waals surface area contributed by atoms with Crippen molar-refractivity contribution in [1.82, 2.24) is 15.2 Å². The zero-order chi connectivity index (χ0) is 20.1. The van der Waals surface area contributed by atoms with Crippen LogP contribution in [0.4, 0.5) is 0 Å². The molecule has 5 nitrogen and oxygen atoms in total. The van der Waals surface area contributed by atoms with Crippen molar-refractivity contribution in [3.05, 3.63) is 33.8 Å². The lowest BCUT2D eigenvalue weighted by Gasteiger charge is -2.33. The Bertz CT molecular complexity index is 824. The molecule has 1 aliphatic rings. The van der Waals surface area contributed by atoms with Gasteiger partial charge >= 0.3 is 0 Å². The molecule has 0 spiro atoms. The molecule has 0 aliphatic carbocycles. The number of rotatable bonds is 7. The van der Waals surface area contributed by atoms with E-state index in [0.29, 0.717) is 28.2 Å². The monoisotopic (exact) mass is 421 g/mol. The first-order chi connectivity index (χ1) is 13.5. The molecule has 1 amide bonds. The Labute approximate surface area is 176 Å². The van der Waals surface area contributed by atoms with Crippen LogP contribution < -0.4 is 10.1 Å². The third-order valence-electron chi connectivity index (χ3n) is 5.24. The zero-order valence-electron chi connectivity index (χ0n) is 16.8. The van der Waals surface area contributed by atoms with E-state index in [0.717, 1.165) is 29.2 Å². The lowest BCUT2D eigenvalue weighted by atomic mass is 10.0. The van der Waals surface area contributed by atoms with Gasteiger partial charge in [0.15, 0.2) is 0 Å². The number of piperidine rings is 1. The number of thiazole rings is 1. The second-order valence-corrected chi connectivity index (χ2v) is 8.70. The minimum absolute atomic E-state index is 0.0612. The van der Waals surface area contributed by atoms with Gasteiger partial charge in [0.2, 0.25) is 0 Å². The molecule has 0 bridgehead atoms. The molecule has 2 aromatic rings. The second kappa shape index (κ2) is 9.72. The van der Waals surface area contributed by atoms with Crippen LogP contribution in [0.5, 0.6) is 5.75 Å². The third-order valence-corrected chi connectivity index (χ3v) is 6.67. The Morgan fingerprint density at radius 1 is 1.43 bits per heavy atom. The minimum Gasteiger partial charge on any atom is -0.496 e. The second-order valence-electron chi connectivity index (χ2n) is 7.27. The standard InChI is InChI=1S/C21H28ClN3O2S/c1-14-7-4-5-11-25(14)12-6-10-23-20(26)19-15(2)24-21(28-19)17-13-16(22)8-9-18(17)27-3/h8-9,13-14H,4-7,10-12H2,1-3H3,(H,23,26). The number of aryl methyl sites for hydroxylation is 1. The summed E-state index contributed by atoms with van der Waals surface area (Å²) in [4.78, 5) is 20.4. The highest BCUT2D eigenvalue weighted by Gasteiger charge is 2.20. The van der Waals surface area contributed by atoms with Crippen molar-refractivity contribution in [2.75, 3.05) is 26.7 Å². The van der Waals surface area contributed by atoms with Gasteiger partial charge in [-0.1, -0.05) is 18.0 Å². The smallest absolute Gasteiger partial charge is 0.263 e. The maximum atomic E-state index is 12.6. The summed E-state index contributed by atoms with van der Waals surface area (Å²) >= 11 is 7.50. The average Bonchev–Trinajstić information content (AvgIpc) is 3.08. The van der Waals surface area contributed by atoms with Crippen LogP contribution in [-0.4, -0.2) is 48.6 Å². The van der Waals surface area contributed by atoms with Crippen molar-refractivity contribution in [2.24, 2.45) is 0 Å². The molecule has 152 valence electrons. The first-order valence-corrected chi connectivity index (χ1v) is 11.0. The first-order valence-electron chi connectivity index (χ1n) is 9.83. The van der Waals surface area contributed by atoms with E-state index in [1.807, 2.05) is 19.1 Å². The lowest BCUT2D eigenvalue weighted by Crippen LogP contribution is -2.39. The summed E-state index contributed by atoms with van der Waals surface area (Å²) < 4.78 is 5.41. The number of amides is 1. The van der Waals surface area contributed by atoms with Crippen molar-refractivity contribution >= 4 is 28.8 Å². The van der Waals surface area contributed by atoms with Crippen LogP contribution in [0.15, 0.2) is 18.2 Å². The summed E-state index contributed by atoms with van der Waals surface area (Å²) in [6.45, 7) is 7.04. The Hall–Kier alpha value is -1.63. The fraction of sp³-hybridized carbons (Fsp3) is 0.524. The van der Waals surface area contributed by atoms with E-state index in [-0.39, 0.29) is 5.91 Å². The van der Waals surface area contributed by atoms with Gasteiger partial charge in [0, 0.05) is 24.2 Å². The van der Waals surface area contributed by atoms with Crippen LogP contribution in [0.3, 0.4) is 0 Å². The SMILES string of the molecule is COc1ccc(Cl)cc1-c1nc(C)c(C(=O)NCCCN2CCCCC2C)s1. The Kier molecular flexibility index (Phi) is 7.32. The molecule has 1 aromatic heterocycles. The van der Waals surface area contributed by atoms with E-state index in [2.05, 4.69) is 22.1 Å². The normalized spacial score (nSPS) is 17.5. The summed E-state index contributed by atoms with van der Waals surface area (Å²) in [5, 5.41) is 4.40. The van der Waals surface area contributed by atoms with Gasteiger partial charge in [-0.15, -0.1) is 11.3 Å². The predicted octanol–water partition coefficient (Wildman–Crippen LogP) is 4.77. The molecule has 7 heteroatoms. The van der Waals surface area contributed by atoms with Crippen LogP contribution in [0, 0.1) is 6.92 Å². The van der Waals surface area contributed by atoms with Crippen molar-refractivity contribution in [1.29, 1.82) is 0 Å². The summed E-state index contributed by atoms with van der Waals surface area (Å²) in [6.07, 6.45) is 4.86. The van der Waals surface area contributed by atoms with E-state index in [9.17, 15) is 4.79 Å². The molecule has 1 unspecified atom stereocenters. The van der Waals surface area contributed by atoms with Crippen LogP contribution in [0.25, 0.3) is 10.6 Å². The number of methoxy groups -OCH3 is 1. The average molecular weight is 422 g/mol. The summed E-state index contributed by atoms with van der Waals surface area (Å²) in [6, 6.07) is 6.07. The zero-order valence-corrected chi connectivity index (χ0v) is 18.3. The van der Waals surface area contributed by atoms with Crippen LogP contribution in [-0.2, 0) is 0 Å². The molecule has 0 radical (unpaired) electrons. The maximum Gasteiger partial charge on any atom is 0.263 e. The highest BCUT2D eigenvalue weighted by molar-refractivity contribution is 7.17. The van der Waals surface area contributed by atoms with Crippen LogP contribution in [0.1, 0.15) is 48.0 Å². The number of aromatic nitrogens is 1. The Morgan fingerprint density at radius 3 is 3.00 bits per heavy atom. The van der Waals surface area contributed by atoms with E-state index >= 15 is 0 Å². The van der Waals surface area contributed by atoms with Crippen molar-refractivity contribution in [2.45, 2.75) is 45.6 Å². The first kappa shape index (κ1) is 21.1. The number of nitrogens with zero attached hydrogens (tertiary/aromatic N) is 2. The van der Waals surface area contributed by atoms with Gasteiger partial charge in [-0.25, -0.2) is 4.98 Å². The number of benzene rings is 1. The topological polar surface area (TPSA) is 54.5 Å². The molecule has 3 rings (SSSR count). The van der Waals surface area contributed by atoms with E-state index in [4.69, 9.17) is 16.3 Å². The molecule has 1 atom stereocenters. The molecule has 1 fully saturated rings. The van der Waals surface area contributed by atoms with Crippen molar-refractivity contribution in [3.63, 3.8) is 0 Å². The number of carbonyl (C=O) groups excluding carboxylic acids is 1. The molecule has 1 N–H and O–H groups in total. The van der Waals surface area contributed by atoms with E-state index in [1.54, 1.807) is 13.2 Å². The summed E-state index contributed by atoms with van der Waals surface area (Å²) in [7, 11) is 1.62. The number of hydrogen-bond acceptors (Lipinski definition) is 5. The molecular formula is C21H28ClN3O2S.